The van der Waals surface area contributed by atoms with Gasteiger partial charge in [-0.2, -0.15) is 0 Å². The molecule has 152 valence electrons. The van der Waals surface area contributed by atoms with Gasteiger partial charge in [0.2, 0.25) is 5.91 Å². The number of hydrogen-bond donors (Lipinski definition) is 1. The molecule has 2 aromatic rings. The highest BCUT2D eigenvalue weighted by atomic mass is 32.2. The molecular formula is C21H22N2O5S. The fourth-order valence-electron chi connectivity index (χ4n) is 3.87. The Bertz CT molecular complexity index is 1100. The fourth-order valence-corrected chi connectivity index (χ4v) is 5.24. The summed E-state index contributed by atoms with van der Waals surface area (Å²) >= 11 is 0. The summed E-state index contributed by atoms with van der Waals surface area (Å²) in [6, 6.07) is 12.0. The lowest BCUT2D eigenvalue weighted by molar-refractivity contribution is -0.119. The lowest BCUT2D eigenvalue weighted by atomic mass is 10.1. The third kappa shape index (κ3) is 3.48. The molecule has 0 saturated heterocycles. The van der Waals surface area contributed by atoms with E-state index in [4.69, 9.17) is 4.74 Å². The zero-order chi connectivity index (χ0) is 20.8. The number of fused-ring (bicyclic) bond motifs is 2. The molecule has 2 aliphatic heterocycles. The molecule has 0 aromatic heterocycles. The normalized spacial score (nSPS) is 19.0. The summed E-state index contributed by atoms with van der Waals surface area (Å²) in [5.41, 5.74) is 2.26. The smallest absolute Gasteiger partial charge is 0.262 e. The highest BCUT2D eigenvalue weighted by molar-refractivity contribution is 7.92. The zero-order valence-electron chi connectivity index (χ0n) is 16.2. The molecule has 4 rings (SSSR count). The highest BCUT2D eigenvalue weighted by Gasteiger charge is 2.34. The largest absolute Gasteiger partial charge is 0.482 e. The van der Waals surface area contributed by atoms with E-state index in [0.29, 0.717) is 11.4 Å². The Morgan fingerprint density at radius 1 is 1.28 bits per heavy atom. The van der Waals surface area contributed by atoms with E-state index < -0.39 is 15.1 Å². The Kier molecular flexibility index (Phi) is 4.82. The van der Waals surface area contributed by atoms with Crippen molar-refractivity contribution in [2.75, 3.05) is 16.8 Å². The SMILES string of the molecule is C[C@H](CC(=O)N1c2ccccc2C[C@@H]1C)S(=O)(=O)c1ccc2c(c1)NC(=O)CO2. The van der Waals surface area contributed by atoms with E-state index in [9.17, 15) is 18.0 Å². The number of sulfone groups is 1. The molecule has 0 spiro atoms. The van der Waals surface area contributed by atoms with Crippen molar-refractivity contribution >= 4 is 33.0 Å². The summed E-state index contributed by atoms with van der Waals surface area (Å²) in [6.45, 7) is 3.40. The summed E-state index contributed by atoms with van der Waals surface area (Å²) in [5, 5.41) is 1.70. The van der Waals surface area contributed by atoms with E-state index in [1.165, 1.54) is 25.1 Å². The Morgan fingerprint density at radius 3 is 2.83 bits per heavy atom. The predicted molar refractivity (Wildman–Crippen MR) is 109 cm³/mol. The van der Waals surface area contributed by atoms with Crippen LogP contribution < -0.4 is 15.0 Å². The van der Waals surface area contributed by atoms with Gasteiger partial charge in [-0.1, -0.05) is 18.2 Å². The number of nitrogens with zero attached hydrogens (tertiary/aromatic N) is 1. The number of rotatable bonds is 4. The minimum atomic E-state index is -3.76. The van der Waals surface area contributed by atoms with Crippen LogP contribution in [0.5, 0.6) is 5.75 Å². The van der Waals surface area contributed by atoms with Gasteiger partial charge in [-0.25, -0.2) is 8.42 Å². The van der Waals surface area contributed by atoms with Crippen LogP contribution >= 0.6 is 0 Å². The minimum Gasteiger partial charge on any atom is -0.482 e. The molecule has 0 fully saturated rings. The van der Waals surface area contributed by atoms with Crippen LogP contribution in [0.3, 0.4) is 0 Å². The number of amides is 2. The van der Waals surface area contributed by atoms with Crippen LogP contribution in [0.1, 0.15) is 25.8 Å². The van der Waals surface area contributed by atoms with E-state index in [1.54, 1.807) is 4.90 Å². The van der Waals surface area contributed by atoms with Crippen molar-refractivity contribution in [2.24, 2.45) is 0 Å². The maximum absolute atomic E-state index is 13.1. The Labute approximate surface area is 169 Å². The summed E-state index contributed by atoms with van der Waals surface area (Å²) < 4.78 is 31.4. The fraction of sp³-hybridized carbons (Fsp3) is 0.333. The molecule has 1 N–H and O–H groups in total. The van der Waals surface area contributed by atoms with Gasteiger partial charge in [0.25, 0.3) is 5.91 Å². The second kappa shape index (κ2) is 7.18. The molecule has 0 aliphatic carbocycles. The van der Waals surface area contributed by atoms with Gasteiger partial charge in [-0.05, 0) is 50.1 Å². The van der Waals surface area contributed by atoms with Gasteiger partial charge in [-0.3, -0.25) is 9.59 Å². The third-order valence-corrected chi connectivity index (χ3v) is 7.52. The third-order valence-electron chi connectivity index (χ3n) is 5.38. The van der Waals surface area contributed by atoms with Crippen LogP contribution in [0.25, 0.3) is 0 Å². The first-order valence-electron chi connectivity index (χ1n) is 9.48. The number of carbonyl (C=O) groups excluding carboxylic acids is 2. The van der Waals surface area contributed by atoms with Crippen molar-refractivity contribution in [3.05, 3.63) is 48.0 Å². The second-order valence-electron chi connectivity index (χ2n) is 7.50. The van der Waals surface area contributed by atoms with Crippen LogP contribution in [0.15, 0.2) is 47.4 Å². The van der Waals surface area contributed by atoms with Crippen molar-refractivity contribution in [1.82, 2.24) is 0 Å². The number of para-hydroxylation sites is 1. The van der Waals surface area contributed by atoms with E-state index in [0.717, 1.165) is 17.7 Å². The van der Waals surface area contributed by atoms with Crippen molar-refractivity contribution in [1.29, 1.82) is 0 Å². The standard InChI is InChI=1S/C21H22N2O5S/c1-13-9-15-5-3-4-6-18(15)23(13)21(25)10-14(2)29(26,27)16-7-8-19-17(11-16)22-20(24)12-28-19/h3-8,11,13-14H,9-10,12H2,1-2H3,(H,22,24)/t13-,14+/m0/s1. The van der Waals surface area contributed by atoms with Crippen molar-refractivity contribution < 1.29 is 22.7 Å². The molecule has 2 aromatic carbocycles. The molecule has 0 saturated carbocycles. The zero-order valence-corrected chi connectivity index (χ0v) is 17.0. The molecule has 7 nitrogen and oxygen atoms in total. The molecule has 2 amide bonds. The lowest BCUT2D eigenvalue weighted by Crippen LogP contribution is -2.38. The second-order valence-corrected chi connectivity index (χ2v) is 9.87. The topological polar surface area (TPSA) is 92.8 Å². The monoisotopic (exact) mass is 414 g/mol. The van der Waals surface area contributed by atoms with E-state index in [1.807, 2.05) is 31.2 Å². The van der Waals surface area contributed by atoms with Crippen LogP contribution in [0.2, 0.25) is 0 Å². The molecule has 2 aliphatic rings. The number of benzene rings is 2. The summed E-state index contributed by atoms with van der Waals surface area (Å²) in [4.78, 5) is 26.2. The molecule has 8 heteroatoms. The number of ether oxygens (including phenoxy) is 1. The van der Waals surface area contributed by atoms with Crippen molar-refractivity contribution in [3.63, 3.8) is 0 Å². The van der Waals surface area contributed by atoms with Gasteiger partial charge in [0.15, 0.2) is 16.4 Å². The Balaban J connectivity index is 1.55. The van der Waals surface area contributed by atoms with E-state index >= 15 is 0 Å². The summed E-state index contributed by atoms with van der Waals surface area (Å²) in [5.74, 6) is -0.125. The van der Waals surface area contributed by atoms with Crippen LogP contribution in [0, 0.1) is 0 Å². The maximum atomic E-state index is 13.1. The number of nitrogens with one attached hydrogen (secondary N) is 1. The number of carbonyl (C=O) groups is 2. The van der Waals surface area contributed by atoms with Crippen molar-refractivity contribution in [3.8, 4) is 5.75 Å². The average Bonchev–Trinajstić information content (AvgIpc) is 3.02. The number of hydrogen-bond acceptors (Lipinski definition) is 5. The molecule has 2 heterocycles. The molecule has 0 bridgehead atoms. The molecule has 0 unspecified atom stereocenters. The van der Waals surface area contributed by atoms with E-state index in [2.05, 4.69) is 5.32 Å². The highest BCUT2D eigenvalue weighted by Crippen LogP contribution is 2.34. The Hall–Kier alpha value is -2.87. The van der Waals surface area contributed by atoms with Gasteiger partial charge in [0, 0.05) is 18.2 Å². The van der Waals surface area contributed by atoms with E-state index in [-0.39, 0.29) is 35.8 Å². The lowest BCUT2D eigenvalue weighted by Gasteiger charge is -2.25. The first kappa shape index (κ1) is 19.4. The van der Waals surface area contributed by atoms with Gasteiger partial charge in [-0.15, -0.1) is 0 Å². The molecule has 2 atom stereocenters. The van der Waals surface area contributed by atoms with Gasteiger partial charge < -0.3 is 15.0 Å². The quantitative estimate of drug-likeness (QED) is 0.830. The first-order chi connectivity index (χ1) is 13.8. The molecular weight excluding hydrogens is 392 g/mol. The van der Waals surface area contributed by atoms with Crippen LogP contribution in [-0.2, 0) is 25.8 Å². The Morgan fingerprint density at radius 2 is 2.03 bits per heavy atom. The summed E-state index contributed by atoms with van der Waals surface area (Å²) in [7, 11) is -3.76. The first-order valence-corrected chi connectivity index (χ1v) is 11.0. The van der Waals surface area contributed by atoms with Gasteiger partial charge in [0.05, 0.1) is 15.8 Å². The number of anilines is 2. The van der Waals surface area contributed by atoms with Crippen LogP contribution in [0.4, 0.5) is 11.4 Å². The maximum Gasteiger partial charge on any atom is 0.262 e. The molecule has 0 radical (unpaired) electrons. The minimum absolute atomic E-state index is 0.00842. The predicted octanol–water partition coefficient (Wildman–Crippen LogP) is 2.55. The van der Waals surface area contributed by atoms with Gasteiger partial charge in [0.1, 0.15) is 5.75 Å². The van der Waals surface area contributed by atoms with Crippen LogP contribution in [-0.4, -0.2) is 38.1 Å². The molecule has 29 heavy (non-hydrogen) atoms. The van der Waals surface area contributed by atoms with Crippen molar-refractivity contribution in [2.45, 2.75) is 42.9 Å². The van der Waals surface area contributed by atoms with Gasteiger partial charge >= 0.3 is 0 Å². The summed E-state index contributed by atoms with van der Waals surface area (Å²) in [6.07, 6.45) is 0.633. The average molecular weight is 414 g/mol.